The lowest BCUT2D eigenvalue weighted by atomic mass is 9.82. The van der Waals surface area contributed by atoms with Crippen LogP contribution in [-0.4, -0.2) is 0 Å². The number of fused-ring (bicyclic) bond motifs is 3. The molecule has 3 aliphatic rings. The predicted octanol–water partition coefficient (Wildman–Crippen LogP) is 6.02. The highest BCUT2D eigenvalue weighted by Crippen LogP contribution is 2.38. The van der Waals surface area contributed by atoms with E-state index in [4.69, 9.17) is 0 Å². The van der Waals surface area contributed by atoms with Gasteiger partial charge in [0.2, 0.25) is 0 Å². The largest absolute Gasteiger partial charge is 0.0842 e. The zero-order valence-electron chi connectivity index (χ0n) is 12.8. The Morgan fingerprint density at radius 2 is 1.68 bits per heavy atom. The highest BCUT2D eigenvalue weighted by Gasteiger charge is 2.18. The van der Waals surface area contributed by atoms with Crippen LogP contribution in [0, 0.1) is 0 Å². The Labute approximate surface area is 132 Å². The van der Waals surface area contributed by atoms with Crippen LogP contribution in [0.3, 0.4) is 0 Å². The van der Waals surface area contributed by atoms with Crippen molar-refractivity contribution in [2.45, 2.75) is 25.7 Å². The van der Waals surface area contributed by atoms with Crippen molar-refractivity contribution in [2.24, 2.45) is 0 Å². The Bertz CT molecular complexity index is 776. The maximum Gasteiger partial charge on any atom is -0.0152 e. The molecule has 0 aliphatic heterocycles. The molecule has 0 heterocycles. The van der Waals surface area contributed by atoms with Gasteiger partial charge in [0.15, 0.2) is 0 Å². The van der Waals surface area contributed by atoms with Crippen LogP contribution in [0.15, 0.2) is 83.5 Å². The van der Waals surface area contributed by atoms with Crippen molar-refractivity contribution < 1.29 is 0 Å². The van der Waals surface area contributed by atoms with E-state index in [1.54, 1.807) is 0 Å². The van der Waals surface area contributed by atoms with Gasteiger partial charge in [-0.1, -0.05) is 72.9 Å². The van der Waals surface area contributed by atoms with Gasteiger partial charge in [0.05, 0.1) is 0 Å². The van der Waals surface area contributed by atoms with Gasteiger partial charge in [-0.2, -0.15) is 0 Å². The maximum absolute atomic E-state index is 2.40. The molecule has 0 spiro atoms. The molecule has 4 rings (SSSR count). The van der Waals surface area contributed by atoms with Gasteiger partial charge in [0.25, 0.3) is 0 Å². The molecule has 0 unspecified atom stereocenters. The molecule has 0 N–H and O–H groups in total. The lowest BCUT2D eigenvalue weighted by Crippen LogP contribution is -2.03. The first kappa shape index (κ1) is 13.3. The van der Waals surface area contributed by atoms with Gasteiger partial charge in [-0.3, -0.25) is 0 Å². The normalized spacial score (nSPS) is 19.8. The van der Waals surface area contributed by atoms with E-state index >= 15 is 0 Å². The Morgan fingerprint density at radius 1 is 0.773 bits per heavy atom. The summed E-state index contributed by atoms with van der Waals surface area (Å²) in [6.07, 6.45) is 22.6. The number of allylic oxidation sites excluding steroid dienone is 11. The van der Waals surface area contributed by atoms with E-state index < -0.39 is 0 Å². The zero-order valence-corrected chi connectivity index (χ0v) is 12.8. The average Bonchev–Trinajstić information content (AvgIpc) is 2.65. The van der Waals surface area contributed by atoms with Crippen LogP contribution < -0.4 is 0 Å². The molecule has 0 saturated carbocycles. The van der Waals surface area contributed by atoms with Gasteiger partial charge >= 0.3 is 0 Å². The second kappa shape index (κ2) is 5.81. The summed E-state index contributed by atoms with van der Waals surface area (Å²) in [6.45, 7) is 0. The van der Waals surface area contributed by atoms with E-state index in [0.29, 0.717) is 0 Å². The molecule has 0 amide bonds. The molecule has 2 bridgehead atoms. The maximum atomic E-state index is 2.40. The Hall–Kier alpha value is -2.34. The van der Waals surface area contributed by atoms with E-state index in [-0.39, 0.29) is 0 Å². The second-order valence-electron chi connectivity index (χ2n) is 6.07. The molecule has 0 radical (unpaired) electrons. The summed E-state index contributed by atoms with van der Waals surface area (Å²) < 4.78 is 0. The quantitative estimate of drug-likeness (QED) is 0.591. The molecule has 1 aromatic rings. The fourth-order valence-electron chi connectivity index (χ4n) is 3.57. The van der Waals surface area contributed by atoms with E-state index in [0.717, 1.165) is 12.8 Å². The summed E-state index contributed by atoms with van der Waals surface area (Å²) >= 11 is 0. The van der Waals surface area contributed by atoms with Crippen LogP contribution in [0.5, 0.6) is 0 Å². The summed E-state index contributed by atoms with van der Waals surface area (Å²) in [7, 11) is 0. The minimum absolute atomic E-state index is 1.14. The van der Waals surface area contributed by atoms with Crippen LogP contribution in [-0.2, 0) is 0 Å². The van der Waals surface area contributed by atoms with E-state index in [2.05, 4.69) is 72.9 Å². The fourth-order valence-corrected chi connectivity index (χ4v) is 3.57. The average molecular weight is 284 g/mol. The lowest BCUT2D eigenvalue weighted by molar-refractivity contribution is 0.897. The summed E-state index contributed by atoms with van der Waals surface area (Å²) in [4.78, 5) is 0. The van der Waals surface area contributed by atoms with Crippen molar-refractivity contribution in [3.63, 3.8) is 0 Å². The first-order valence-electron chi connectivity index (χ1n) is 8.16. The van der Waals surface area contributed by atoms with Crippen LogP contribution >= 0.6 is 0 Å². The molecule has 0 fully saturated rings. The molecule has 1 aromatic carbocycles. The zero-order chi connectivity index (χ0) is 14.8. The highest BCUT2D eigenvalue weighted by atomic mass is 14.2. The van der Waals surface area contributed by atoms with Gasteiger partial charge in [-0.15, -0.1) is 0 Å². The van der Waals surface area contributed by atoms with Crippen molar-refractivity contribution in [3.8, 4) is 0 Å². The molecule has 0 atom stereocenters. The summed E-state index contributed by atoms with van der Waals surface area (Å²) in [5.41, 5.74) is 8.63. The smallest absolute Gasteiger partial charge is 0.0152 e. The van der Waals surface area contributed by atoms with E-state index in [1.165, 1.54) is 46.3 Å². The van der Waals surface area contributed by atoms with Crippen molar-refractivity contribution >= 4 is 11.6 Å². The van der Waals surface area contributed by atoms with Crippen LogP contribution in [0.25, 0.3) is 11.6 Å². The third-order valence-electron chi connectivity index (χ3n) is 4.69. The molecule has 0 nitrogen and oxygen atoms in total. The standard InChI is InChI=1S/C22H20/c1-2-8-18(9-3-1)22-15-14-20-16-19(22)12-5-4-10-17-11-6-7-13-21(17)20/h1-2,4-8,10-13,16H,3,9,14-15H2. The molecule has 108 valence electrons. The molecule has 22 heavy (non-hydrogen) atoms. The first-order valence-corrected chi connectivity index (χ1v) is 8.16. The molecule has 0 heteroatoms. The fraction of sp³-hybridized carbons (Fsp3) is 0.182. The van der Waals surface area contributed by atoms with Gasteiger partial charge in [0, 0.05) is 0 Å². The lowest BCUT2D eigenvalue weighted by Gasteiger charge is -2.22. The Balaban J connectivity index is 1.86. The topological polar surface area (TPSA) is 0 Å². The van der Waals surface area contributed by atoms with Crippen molar-refractivity contribution in [3.05, 3.63) is 94.6 Å². The van der Waals surface area contributed by atoms with Gasteiger partial charge in [0.1, 0.15) is 0 Å². The van der Waals surface area contributed by atoms with Crippen molar-refractivity contribution in [1.29, 1.82) is 0 Å². The summed E-state index contributed by atoms with van der Waals surface area (Å²) in [5.74, 6) is 0. The number of hydrogen-bond donors (Lipinski definition) is 0. The minimum Gasteiger partial charge on any atom is -0.0842 e. The molecular formula is C22H20. The van der Waals surface area contributed by atoms with Crippen molar-refractivity contribution in [2.75, 3.05) is 0 Å². The van der Waals surface area contributed by atoms with Crippen LogP contribution in [0.4, 0.5) is 0 Å². The SMILES string of the molecule is C1=CCCC(C2=C3C=CC=Cc4ccccc4C(=C3)CC2)=C1. The minimum atomic E-state index is 1.14. The molecule has 3 aliphatic carbocycles. The monoisotopic (exact) mass is 284 g/mol. The second-order valence-corrected chi connectivity index (χ2v) is 6.07. The third-order valence-corrected chi connectivity index (χ3v) is 4.69. The van der Waals surface area contributed by atoms with Gasteiger partial charge < -0.3 is 0 Å². The van der Waals surface area contributed by atoms with Gasteiger partial charge in [-0.25, -0.2) is 0 Å². The van der Waals surface area contributed by atoms with Crippen molar-refractivity contribution in [1.82, 2.24) is 0 Å². The number of hydrogen-bond acceptors (Lipinski definition) is 0. The molecule has 0 saturated heterocycles. The number of rotatable bonds is 1. The first-order chi connectivity index (χ1) is 10.9. The highest BCUT2D eigenvalue weighted by molar-refractivity contribution is 5.79. The predicted molar refractivity (Wildman–Crippen MR) is 95.3 cm³/mol. The third kappa shape index (κ3) is 2.46. The summed E-state index contributed by atoms with van der Waals surface area (Å²) in [6, 6.07) is 8.73. The molecular weight excluding hydrogens is 264 g/mol. The Kier molecular flexibility index (Phi) is 3.52. The van der Waals surface area contributed by atoms with E-state index in [9.17, 15) is 0 Å². The van der Waals surface area contributed by atoms with Crippen LogP contribution in [0.1, 0.15) is 36.8 Å². The number of benzene rings is 1. The summed E-state index contributed by atoms with van der Waals surface area (Å²) in [5, 5.41) is 0. The molecule has 0 aromatic heterocycles. The van der Waals surface area contributed by atoms with E-state index in [1.807, 2.05) is 0 Å². The Morgan fingerprint density at radius 3 is 2.59 bits per heavy atom. The van der Waals surface area contributed by atoms with Gasteiger partial charge in [-0.05, 0) is 59.1 Å². The van der Waals surface area contributed by atoms with Crippen LogP contribution in [0.2, 0.25) is 0 Å².